The lowest BCUT2D eigenvalue weighted by molar-refractivity contribution is -0.124. The summed E-state index contributed by atoms with van der Waals surface area (Å²) in [4.78, 5) is 28.8. The highest BCUT2D eigenvalue weighted by Crippen LogP contribution is 2.20. The van der Waals surface area contributed by atoms with Gasteiger partial charge in [-0.2, -0.15) is 0 Å². The molecule has 0 saturated heterocycles. The van der Waals surface area contributed by atoms with Crippen LogP contribution >= 0.6 is 0 Å². The van der Waals surface area contributed by atoms with Crippen LogP contribution in [0.4, 0.5) is 0 Å². The van der Waals surface area contributed by atoms with Gasteiger partial charge in [0.2, 0.25) is 0 Å². The number of hydrogen-bond donors (Lipinski definition) is 1. The molecule has 4 rings (SSSR count). The Hall–Kier alpha value is -3.47. The van der Waals surface area contributed by atoms with Crippen molar-refractivity contribution in [1.82, 2.24) is 5.32 Å². The molecule has 0 aliphatic carbocycles. The van der Waals surface area contributed by atoms with Crippen molar-refractivity contribution >= 4 is 28.7 Å². The molecule has 152 valence electrons. The van der Waals surface area contributed by atoms with Crippen LogP contribution in [0.25, 0.3) is 16.8 Å². The number of carbonyl (C=O) groups is 2. The van der Waals surface area contributed by atoms with Gasteiger partial charge in [-0.3, -0.25) is 9.59 Å². The number of aryl methyl sites for hydroxylation is 2. The maximum atomic E-state index is 12.4. The van der Waals surface area contributed by atoms with Crippen molar-refractivity contribution in [1.29, 1.82) is 0 Å². The average molecular weight is 400 g/mol. The van der Waals surface area contributed by atoms with E-state index >= 15 is 0 Å². The molecule has 1 N–H and O–H groups in total. The molecule has 1 unspecified atom stereocenters. The summed E-state index contributed by atoms with van der Waals surface area (Å²) in [6.07, 6.45) is 2.49. The SMILES string of the molecule is Cc1ccc(C)c2c1=CC(CCNC(=O)COc1ccc3ccccc3c1)C(=O)N=2. The van der Waals surface area contributed by atoms with Gasteiger partial charge in [-0.1, -0.05) is 48.5 Å². The largest absolute Gasteiger partial charge is 0.484 e. The van der Waals surface area contributed by atoms with E-state index in [9.17, 15) is 9.59 Å². The van der Waals surface area contributed by atoms with Crippen LogP contribution in [-0.2, 0) is 9.59 Å². The molecule has 0 aromatic heterocycles. The number of ether oxygens (including phenoxy) is 1. The van der Waals surface area contributed by atoms with Gasteiger partial charge < -0.3 is 10.1 Å². The molecule has 5 heteroatoms. The van der Waals surface area contributed by atoms with Gasteiger partial charge in [0.15, 0.2) is 6.61 Å². The summed E-state index contributed by atoms with van der Waals surface area (Å²) in [6, 6.07) is 17.8. The molecule has 0 spiro atoms. The highest BCUT2D eigenvalue weighted by atomic mass is 16.5. The predicted molar refractivity (Wildman–Crippen MR) is 117 cm³/mol. The van der Waals surface area contributed by atoms with Crippen LogP contribution in [-0.4, -0.2) is 25.0 Å². The number of rotatable bonds is 6. The Bertz CT molecular complexity index is 1250. The van der Waals surface area contributed by atoms with Gasteiger partial charge in [0.25, 0.3) is 11.8 Å². The van der Waals surface area contributed by atoms with Gasteiger partial charge >= 0.3 is 0 Å². The normalized spacial score (nSPS) is 15.1. The van der Waals surface area contributed by atoms with Crippen LogP contribution in [0, 0.1) is 19.8 Å². The number of fused-ring (bicyclic) bond motifs is 2. The first kappa shape index (κ1) is 19.8. The minimum Gasteiger partial charge on any atom is -0.484 e. The molecule has 3 aromatic rings. The van der Waals surface area contributed by atoms with E-state index in [-0.39, 0.29) is 24.3 Å². The number of nitrogens with zero attached hydrogens (tertiary/aromatic N) is 1. The first-order valence-electron chi connectivity index (χ1n) is 10.1. The second-order valence-electron chi connectivity index (χ2n) is 7.62. The van der Waals surface area contributed by atoms with Gasteiger partial charge in [0.1, 0.15) is 5.75 Å². The predicted octanol–water partition coefficient (Wildman–Crippen LogP) is 2.60. The van der Waals surface area contributed by atoms with Crippen LogP contribution in [0.3, 0.4) is 0 Å². The van der Waals surface area contributed by atoms with Crippen molar-refractivity contribution in [2.45, 2.75) is 20.3 Å². The summed E-state index contributed by atoms with van der Waals surface area (Å²) < 4.78 is 5.61. The van der Waals surface area contributed by atoms with E-state index in [0.29, 0.717) is 18.7 Å². The van der Waals surface area contributed by atoms with E-state index in [1.807, 2.05) is 74.5 Å². The Labute approximate surface area is 175 Å². The molecule has 1 heterocycles. The van der Waals surface area contributed by atoms with Crippen LogP contribution in [0.5, 0.6) is 5.75 Å². The van der Waals surface area contributed by atoms with Gasteiger partial charge in [-0.25, -0.2) is 4.99 Å². The third-order valence-electron chi connectivity index (χ3n) is 5.41. The molecule has 3 aromatic carbocycles. The quantitative estimate of drug-likeness (QED) is 0.692. The van der Waals surface area contributed by atoms with Crippen molar-refractivity contribution in [3.05, 3.63) is 76.3 Å². The van der Waals surface area contributed by atoms with E-state index in [1.54, 1.807) is 0 Å². The standard InChI is InChI=1S/C25H24N2O3/c1-16-7-8-17(2)24-22(16)14-20(25(29)27-24)11-12-26-23(28)15-30-21-10-9-18-5-3-4-6-19(18)13-21/h3-10,13-14,20H,11-12,15H2,1-2H3,(H,26,28). The molecule has 0 fully saturated rings. The molecular formula is C25H24N2O3. The molecule has 2 amide bonds. The Morgan fingerprint density at radius 3 is 2.63 bits per heavy atom. The third kappa shape index (κ3) is 4.25. The Morgan fingerprint density at radius 2 is 1.80 bits per heavy atom. The smallest absolute Gasteiger partial charge is 0.257 e. The Morgan fingerprint density at radius 1 is 1.03 bits per heavy atom. The van der Waals surface area contributed by atoms with E-state index < -0.39 is 0 Å². The maximum Gasteiger partial charge on any atom is 0.257 e. The second kappa shape index (κ2) is 8.49. The number of benzene rings is 3. The zero-order chi connectivity index (χ0) is 21.1. The van der Waals surface area contributed by atoms with Crippen molar-refractivity contribution in [2.75, 3.05) is 13.2 Å². The molecule has 0 saturated carbocycles. The molecule has 1 atom stereocenters. The summed E-state index contributed by atoms with van der Waals surface area (Å²) in [5, 5.41) is 6.81. The molecule has 30 heavy (non-hydrogen) atoms. The second-order valence-corrected chi connectivity index (χ2v) is 7.62. The van der Waals surface area contributed by atoms with E-state index in [2.05, 4.69) is 10.3 Å². The third-order valence-corrected chi connectivity index (χ3v) is 5.41. The van der Waals surface area contributed by atoms with Crippen molar-refractivity contribution in [2.24, 2.45) is 10.9 Å². The zero-order valence-corrected chi connectivity index (χ0v) is 17.1. The molecule has 5 nitrogen and oxygen atoms in total. The van der Waals surface area contributed by atoms with Crippen LogP contribution in [0.2, 0.25) is 0 Å². The van der Waals surface area contributed by atoms with E-state index in [1.165, 1.54) is 0 Å². The van der Waals surface area contributed by atoms with Gasteiger partial charge in [-0.15, -0.1) is 0 Å². The monoisotopic (exact) mass is 400 g/mol. The fraction of sp³-hybridized carbons (Fsp3) is 0.240. The number of hydrogen-bond acceptors (Lipinski definition) is 3. The topological polar surface area (TPSA) is 67.8 Å². The molecular weight excluding hydrogens is 376 g/mol. The summed E-state index contributed by atoms with van der Waals surface area (Å²) in [7, 11) is 0. The van der Waals surface area contributed by atoms with Crippen LogP contribution < -0.4 is 20.6 Å². The fourth-order valence-corrected chi connectivity index (χ4v) is 3.67. The zero-order valence-electron chi connectivity index (χ0n) is 17.1. The lowest BCUT2D eigenvalue weighted by Gasteiger charge is -2.14. The first-order chi connectivity index (χ1) is 14.5. The first-order valence-corrected chi connectivity index (χ1v) is 10.1. The van der Waals surface area contributed by atoms with Gasteiger partial charge in [0.05, 0.1) is 11.3 Å². The van der Waals surface area contributed by atoms with Crippen molar-refractivity contribution < 1.29 is 14.3 Å². The molecule has 1 aliphatic heterocycles. The van der Waals surface area contributed by atoms with Gasteiger partial charge in [-0.05, 0) is 54.3 Å². The average Bonchev–Trinajstić information content (AvgIpc) is 2.75. The van der Waals surface area contributed by atoms with Crippen molar-refractivity contribution in [3.63, 3.8) is 0 Å². The highest BCUT2D eigenvalue weighted by molar-refractivity contribution is 5.86. The Kier molecular flexibility index (Phi) is 5.61. The molecule has 1 aliphatic rings. The fourth-order valence-electron chi connectivity index (χ4n) is 3.67. The molecule has 0 radical (unpaired) electrons. The summed E-state index contributed by atoms with van der Waals surface area (Å²) in [5.41, 5.74) is 2.10. The summed E-state index contributed by atoms with van der Waals surface area (Å²) >= 11 is 0. The Balaban J connectivity index is 1.31. The number of amides is 2. The minimum atomic E-state index is -0.320. The summed E-state index contributed by atoms with van der Waals surface area (Å²) in [6.45, 7) is 4.30. The summed E-state index contributed by atoms with van der Waals surface area (Å²) in [5.74, 6) is -0.0331. The van der Waals surface area contributed by atoms with Crippen LogP contribution in [0.1, 0.15) is 17.5 Å². The van der Waals surface area contributed by atoms with Crippen LogP contribution in [0.15, 0.2) is 59.6 Å². The maximum absolute atomic E-state index is 12.4. The minimum absolute atomic E-state index is 0.0633. The highest BCUT2D eigenvalue weighted by Gasteiger charge is 2.19. The lowest BCUT2D eigenvalue weighted by Crippen LogP contribution is -2.38. The van der Waals surface area contributed by atoms with Gasteiger partial charge in [0, 0.05) is 11.8 Å². The molecule has 0 bridgehead atoms. The van der Waals surface area contributed by atoms with Crippen molar-refractivity contribution in [3.8, 4) is 5.75 Å². The van der Waals surface area contributed by atoms with E-state index in [4.69, 9.17) is 4.74 Å². The number of carbonyl (C=O) groups excluding carboxylic acids is 2. The lowest BCUT2D eigenvalue weighted by atomic mass is 9.97. The van der Waals surface area contributed by atoms with E-state index in [0.717, 1.165) is 32.5 Å². The number of nitrogens with one attached hydrogen (secondary N) is 1.